The van der Waals surface area contributed by atoms with Crippen LogP contribution in [0.15, 0.2) is 30.3 Å². The van der Waals surface area contributed by atoms with Gasteiger partial charge in [0, 0.05) is 5.69 Å². The van der Waals surface area contributed by atoms with Crippen LogP contribution < -0.4 is 4.90 Å². The Morgan fingerprint density at radius 1 is 1.19 bits per heavy atom. The Labute approximate surface area is 126 Å². The lowest BCUT2D eigenvalue weighted by Crippen LogP contribution is -2.74. The molecule has 4 N–H and O–H groups in total. The first kappa shape index (κ1) is 14.8. The summed E-state index contributed by atoms with van der Waals surface area (Å²) in [6, 6.07) is 8.46. The molecule has 2 fully saturated rings. The molecule has 0 aromatic heterocycles. The van der Waals surface area contributed by atoms with Gasteiger partial charge in [-0.1, -0.05) is 18.2 Å². The minimum atomic E-state index is -1.20. The zero-order valence-electron chi connectivity index (χ0n) is 11.1. The molecular weight excluding hydrogens is 294 g/mol. The molecule has 0 aliphatic carbocycles. The summed E-state index contributed by atoms with van der Waals surface area (Å²) in [5.74, 6) is -0.155. The maximum atomic E-state index is 12.3. The number of β-lactam (4-membered cyclic amide) rings is 1. The summed E-state index contributed by atoms with van der Waals surface area (Å²) in [6.45, 7) is -0.518. The fraction of sp³-hybridized carbons (Fsp3) is 0.500. The standard InChI is InChI=1S/C14H17NO5S/c16-6-8(17)12-11(19)10(18)9-13(21-12)14(20)15(9)7-4-2-1-3-5-7/h1-5,8-13,16-19H,6H2/t8-,9-,10+,11-,12+,13+/m0/s1. The highest BCUT2D eigenvalue weighted by Crippen LogP contribution is 2.45. The second-order valence-electron chi connectivity index (χ2n) is 5.29. The van der Waals surface area contributed by atoms with Crippen LogP contribution in [0.5, 0.6) is 0 Å². The number of fused-ring (bicyclic) bond motifs is 1. The maximum Gasteiger partial charge on any atom is 0.242 e. The van der Waals surface area contributed by atoms with Crippen LogP contribution in [0.2, 0.25) is 0 Å². The molecule has 0 spiro atoms. The van der Waals surface area contributed by atoms with E-state index in [2.05, 4.69) is 0 Å². The van der Waals surface area contributed by atoms with Gasteiger partial charge in [-0.2, -0.15) is 0 Å². The van der Waals surface area contributed by atoms with Crippen molar-refractivity contribution in [3.05, 3.63) is 30.3 Å². The minimum Gasteiger partial charge on any atom is -0.394 e. The molecule has 114 valence electrons. The molecule has 2 heterocycles. The van der Waals surface area contributed by atoms with Gasteiger partial charge in [-0.25, -0.2) is 0 Å². The molecule has 0 bridgehead atoms. The lowest BCUT2D eigenvalue weighted by molar-refractivity contribution is -0.129. The molecule has 3 rings (SSSR count). The largest absolute Gasteiger partial charge is 0.394 e. The summed E-state index contributed by atoms with van der Waals surface area (Å²) in [6.07, 6.45) is -3.52. The number of carbonyl (C=O) groups is 1. The maximum absolute atomic E-state index is 12.3. The summed E-state index contributed by atoms with van der Waals surface area (Å²) < 4.78 is 0. The van der Waals surface area contributed by atoms with E-state index in [-0.39, 0.29) is 5.91 Å². The quantitative estimate of drug-likeness (QED) is 0.532. The number of para-hydroxylation sites is 1. The molecule has 21 heavy (non-hydrogen) atoms. The zero-order valence-corrected chi connectivity index (χ0v) is 11.9. The van der Waals surface area contributed by atoms with Crippen LogP contribution in [0.25, 0.3) is 0 Å². The van der Waals surface area contributed by atoms with Crippen molar-refractivity contribution in [1.82, 2.24) is 0 Å². The van der Waals surface area contributed by atoms with Crippen LogP contribution >= 0.6 is 11.8 Å². The molecule has 0 radical (unpaired) electrons. The van der Waals surface area contributed by atoms with E-state index in [0.29, 0.717) is 5.69 Å². The second-order valence-corrected chi connectivity index (χ2v) is 6.61. The molecule has 1 aromatic carbocycles. The van der Waals surface area contributed by atoms with Gasteiger partial charge < -0.3 is 25.3 Å². The minimum absolute atomic E-state index is 0.155. The number of amides is 1. The number of aliphatic hydroxyl groups is 4. The molecule has 1 amide bonds. The number of hydrogen-bond acceptors (Lipinski definition) is 6. The van der Waals surface area contributed by atoms with Crippen molar-refractivity contribution in [2.24, 2.45) is 0 Å². The van der Waals surface area contributed by atoms with Gasteiger partial charge in [-0.3, -0.25) is 4.79 Å². The predicted octanol–water partition coefficient (Wildman–Crippen LogP) is -1.04. The third kappa shape index (κ3) is 2.25. The lowest BCUT2D eigenvalue weighted by Gasteiger charge is -2.54. The van der Waals surface area contributed by atoms with Crippen LogP contribution in [0, 0.1) is 0 Å². The van der Waals surface area contributed by atoms with E-state index in [9.17, 15) is 20.1 Å². The van der Waals surface area contributed by atoms with Gasteiger partial charge in [-0.15, -0.1) is 11.8 Å². The number of hydrogen-bond donors (Lipinski definition) is 4. The molecule has 2 saturated heterocycles. The summed E-state index contributed by atoms with van der Waals surface area (Å²) in [5.41, 5.74) is 0.678. The molecule has 0 saturated carbocycles. The van der Waals surface area contributed by atoms with Crippen molar-refractivity contribution >= 4 is 23.4 Å². The number of aliphatic hydroxyl groups excluding tert-OH is 4. The number of rotatable bonds is 3. The van der Waals surface area contributed by atoms with Crippen LogP contribution in [0.3, 0.4) is 0 Å². The van der Waals surface area contributed by atoms with E-state index in [1.54, 1.807) is 24.3 Å². The predicted molar refractivity (Wildman–Crippen MR) is 78.0 cm³/mol. The number of benzene rings is 1. The van der Waals surface area contributed by atoms with E-state index in [1.807, 2.05) is 6.07 Å². The SMILES string of the molecule is O=C1[C@@H]2S[C@H]([C@@H](O)CO)[C@@H](O)[C@H](O)[C@@H]2N1c1ccccc1. The Kier molecular flexibility index (Phi) is 3.94. The van der Waals surface area contributed by atoms with Gasteiger partial charge in [0.25, 0.3) is 0 Å². The molecule has 0 unspecified atom stereocenters. The Morgan fingerprint density at radius 2 is 1.86 bits per heavy atom. The molecule has 7 heteroatoms. The average Bonchev–Trinajstić information content (AvgIpc) is 2.51. The van der Waals surface area contributed by atoms with E-state index in [1.165, 1.54) is 4.90 Å². The second kappa shape index (κ2) is 5.58. The molecular formula is C14H17NO5S. The van der Waals surface area contributed by atoms with Gasteiger partial charge in [0.15, 0.2) is 0 Å². The van der Waals surface area contributed by atoms with Crippen molar-refractivity contribution in [2.45, 2.75) is 34.9 Å². The monoisotopic (exact) mass is 311 g/mol. The van der Waals surface area contributed by atoms with Crippen LogP contribution in [0.4, 0.5) is 5.69 Å². The Bertz CT molecular complexity index is 527. The molecule has 1 aromatic rings. The normalized spacial score (nSPS) is 36.9. The molecule has 6 nitrogen and oxygen atoms in total. The van der Waals surface area contributed by atoms with E-state index < -0.39 is 41.5 Å². The fourth-order valence-electron chi connectivity index (χ4n) is 2.91. The van der Waals surface area contributed by atoms with Gasteiger partial charge in [0.2, 0.25) is 5.91 Å². The summed E-state index contributed by atoms with van der Waals surface area (Å²) >= 11 is 1.12. The highest BCUT2D eigenvalue weighted by atomic mass is 32.2. The van der Waals surface area contributed by atoms with Crippen LogP contribution in [0.1, 0.15) is 0 Å². The van der Waals surface area contributed by atoms with E-state index in [0.717, 1.165) is 11.8 Å². The summed E-state index contributed by atoms with van der Waals surface area (Å²) in [4.78, 5) is 13.8. The lowest BCUT2D eigenvalue weighted by atomic mass is 9.88. The first-order valence-corrected chi connectivity index (χ1v) is 7.69. The fourth-order valence-corrected chi connectivity index (χ4v) is 4.51. The average molecular weight is 311 g/mol. The third-order valence-corrected chi connectivity index (χ3v) is 5.71. The number of anilines is 1. The third-order valence-electron chi connectivity index (χ3n) is 4.03. The van der Waals surface area contributed by atoms with Crippen molar-refractivity contribution in [3.8, 4) is 0 Å². The summed E-state index contributed by atoms with van der Waals surface area (Å²) in [5, 5.41) is 37.8. The molecule has 2 aliphatic rings. The van der Waals surface area contributed by atoms with Crippen molar-refractivity contribution in [2.75, 3.05) is 11.5 Å². The van der Waals surface area contributed by atoms with Gasteiger partial charge in [0.1, 0.15) is 11.4 Å². The van der Waals surface area contributed by atoms with Crippen molar-refractivity contribution in [1.29, 1.82) is 0 Å². The van der Waals surface area contributed by atoms with Gasteiger partial charge in [0.05, 0.1) is 30.1 Å². The Morgan fingerprint density at radius 3 is 2.48 bits per heavy atom. The smallest absolute Gasteiger partial charge is 0.242 e. The van der Waals surface area contributed by atoms with Gasteiger partial charge in [-0.05, 0) is 12.1 Å². The number of nitrogens with zero attached hydrogens (tertiary/aromatic N) is 1. The van der Waals surface area contributed by atoms with Crippen LogP contribution in [-0.4, -0.2) is 67.8 Å². The molecule has 2 aliphatic heterocycles. The molecule has 6 atom stereocenters. The number of carbonyl (C=O) groups excluding carboxylic acids is 1. The first-order valence-electron chi connectivity index (χ1n) is 6.75. The summed E-state index contributed by atoms with van der Waals surface area (Å²) in [7, 11) is 0. The Hall–Kier alpha value is -1.12. The Balaban J connectivity index is 1.84. The van der Waals surface area contributed by atoms with E-state index in [4.69, 9.17) is 5.11 Å². The highest BCUT2D eigenvalue weighted by Gasteiger charge is 2.59. The highest BCUT2D eigenvalue weighted by molar-refractivity contribution is 8.01. The van der Waals surface area contributed by atoms with Crippen molar-refractivity contribution < 1.29 is 25.2 Å². The van der Waals surface area contributed by atoms with Crippen LogP contribution in [-0.2, 0) is 4.79 Å². The van der Waals surface area contributed by atoms with E-state index >= 15 is 0 Å². The van der Waals surface area contributed by atoms with Crippen molar-refractivity contribution in [3.63, 3.8) is 0 Å². The van der Waals surface area contributed by atoms with Gasteiger partial charge >= 0.3 is 0 Å². The first-order chi connectivity index (χ1) is 10.1. The number of thioether (sulfide) groups is 1. The zero-order chi connectivity index (χ0) is 15.1. The topological polar surface area (TPSA) is 101 Å².